The van der Waals surface area contributed by atoms with E-state index in [0.29, 0.717) is 64.6 Å². The Labute approximate surface area is 454 Å². The lowest BCUT2D eigenvalue weighted by Crippen LogP contribution is -2.33. The van der Waals surface area contributed by atoms with E-state index in [4.69, 9.17) is 9.47 Å². The molecule has 2 saturated heterocycles. The van der Waals surface area contributed by atoms with Gasteiger partial charge in [-0.2, -0.15) is 4.47 Å². The number of nitrogens with one attached hydrogen (secondary N) is 2. The zero-order valence-electron chi connectivity index (χ0n) is 42.0. The number of benzene rings is 4. The molecule has 2 amide bonds. The van der Waals surface area contributed by atoms with Gasteiger partial charge in [0.1, 0.15) is 28.9 Å². The van der Waals surface area contributed by atoms with Crippen molar-refractivity contribution in [2.45, 2.75) is 124 Å². The fourth-order valence-electron chi connectivity index (χ4n) is 8.32. The van der Waals surface area contributed by atoms with Crippen LogP contribution in [0.3, 0.4) is 0 Å². The summed E-state index contributed by atoms with van der Waals surface area (Å²) < 4.78 is 133. The minimum Gasteiger partial charge on any atom is -0.493 e. The molecule has 4 aromatic rings. The number of hydrogen-bond acceptors (Lipinski definition) is 13. The van der Waals surface area contributed by atoms with Gasteiger partial charge in [-0.1, -0.05) is 13.8 Å². The molecule has 0 spiro atoms. The van der Waals surface area contributed by atoms with Crippen LogP contribution in [0.25, 0.3) is 0 Å². The van der Waals surface area contributed by atoms with Gasteiger partial charge in [-0.15, -0.1) is 13.2 Å². The molecule has 3 N–H and O–H groups in total. The molecule has 4 aliphatic carbocycles. The number of carbonyl (C=O) groups excluding carboxylic acids is 2. The molecule has 0 aromatic heterocycles. The van der Waals surface area contributed by atoms with Crippen LogP contribution in [0.4, 0.5) is 40.8 Å². The van der Waals surface area contributed by atoms with Crippen molar-refractivity contribution in [1.29, 1.82) is 0 Å². The molecule has 10 rings (SSSR count). The van der Waals surface area contributed by atoms with Crippen LogP contribution >= 0.6 is 48.0 Å². The maximum atomic E-state index is 14.8. The van der Waals surface area contributed by atoms with E-state index in [0.717, 1.165) is 130 Å². The van der Waals surface area contributed by atoms with Crippen molar-refractivity contribution >= 4 is 65.5 Å². The SMILES string of the molecule is CC.O=C(NSC1CC1)c1cc(C2CC2)c(OCC2CCN(SN(O)c3cc(F)c(F)c(F)c3)CC2)cc1F.O=C(NSC1CC1)c1cc(C2CC2)c(OCC2CCN(Sc3ccc(OC(F)(F)F)cc3)CC2)cc1F. The smallest absolute Gasteiger partial charge is 0.493 e. The lowest BCUT2D eigenvalue weighted by molar-refractivity contribution is -0.274. The van der Waals surface area contributed by atoms with Crippen LogP contribution in [0.2, 0.25) is 0 Å². The predicted octanol–water partition coefficient (Wildman–Crippen LogP) is 14.2. The molecule has 0 unspecified atom stereocenters. The predicted molar refractivity (Wildman–Crippen MR) is 281 cm³/mol. The zero-order valence-corrected chi connectivity index (χ0v) is 45.2. The summed E-state index contributed by atoms with van der Waals surface area (Å²) in [5, 5.41) is 11.1. The Morgan fingerprint density at radius 3 is 1.46 bits per heavy atom. The van der Waals surface area contributed by atoms with E-state index in [9.17, 15) is 49.9 Å². The third-order valence-electron chi connectivity index (χ3n) is 13.2. The molecule has 76 heavy (non-hydrogen) atoms. The highest BCUT2D eigenvalue weighted by atomic mass is 32.2. The summed E-state index contributed by atoms with van der Waals surface area (Å²) in [6.07, 6.45) is 6.83. The number of rotatable bonds is 20. The molecule has 23 heteroatoms. The second-order valence-corrected chi connectivity index (χ2v) is 23.7. The highest BCUT2D eigenvalue weighted by Gasteiger charge is 2.34. The van der Waals surface area contributed by atoms with Crippen molar-refractivity contribution in [3.8, 4) is 17.2 Å². The van der Waals surface area contributed by atoms with Gasteiger partial charge < -0.3 is 14.2 Å². The average Bonchev–Trinajstić information content (AvgIpc) is 4.18. The van der Waals surface area contributed by atoms with Crippen LogP contribution in [0, 0.1) is 40.9 Å². The van der Waals surface area contributed by atoms with E-state index < -0.39 is 47.3 Å². The van der Waals surface area contributed by atoms with Crippen molar-refractivity contribution in [3.63, 3.8) is 0 Å². The Hall–Kier alpha value is -4.26. The Balaban J connectivity index is 0.000000195. The van der Waals surface area contributed by atoms with Gasteiger partial charge in [0.15, 0.2) is 17.5 Å². The van der Waals surface area contributed by atoms with E-state index in [1.54, 1.807) is 24.3 Å². The summed E-state index contributed by atoms with van der Waals surface area (Å²) in [6, 6.07) is 13.3. The monoisotopic (exact) mass is 1140 g/mol. The van der Waals surface area contributed by atoms with Crippen LogP contribution in [-0.4, -0.2) is 81.9 Å². The molecule has 6 fully saturated rings. The number of amides is 2. The molecule has 4 saturated carbocycles. The number of ether oxygens (including phenoxy) is 3. The standard InChI is InChI=1S/C26H28F4N2O3S2.C25H27F4N3O3S2.C2H6/c27-23-14-24(21(17-1-2-17)13-22(23)25(33)31-36-19-7-8-19)34-15-16-9-11-32(12-10-16)37-20-5-3-18(4-6-20)35-26(28,29)30;26-20-12-23(18(15-1-2-15)11-19(20)25(33)30-36-17-3-4-17)35-13-14-5-7-31(8-6-14)37-32(34)16-9-21(27)24(29)22(28)10-16;1-2/h3-6,13-14,16-17,19H,1-2,7-12,15H2,(H,31,33);9-12,14-15,17,34H,1-8,13H2,(H,30,33);1-2H3. The Morgan fingerprint density at radius 2 is 1.05 bits per heavy atom. The number of alkyl halides is 3. The first-order chi connectivity index (χ1) is 36.5. The van der Waals surface area contributed by atoms with Crippen molar-refractivity contribution in [3.05, 3.63) is 112 Å². The summed E-state index contributed by atoms with van der Waals surface area (Å²) in [5.41, 5.74) is 1.69. The van der Waals surface area contributed by atoms with Gasteiger partial charge in [-0.25, -0.2) is 30.6 Å². The Morgan fingerprint density at radius 1 is 0.618 bits per heavy atom. The molecule has 11 nitrogen and oxygen atoms in total. The average molecular weight is 1140 g/mol. The lowest BCUT2D eigenvalue weighted by atomic mass is 9.99. The normalized spacial score (nSPS) is 18.4. The van der Waals surface area contributed by atoms with Crippen molar-refractivity contribution in [2.75, 3.05) is 43.9 Å². The number of piperidine rings is 2. The van der Waals surface area contributed by atoms with E-state index in [2.05, 4.69) is 18.5 Å². The lowest BCUT2D eigenvalue weighted by Gasteiger charge is -2.32. The van der Waals surface area contributed by atoms with Crippen LogP contribution < -0.4 is 28.1 Å². The third-order valence-corrected chi connectivity index (χ3v) is 17.5. The van der Waals surface area contributed by atoms with Crippen LogP contribution in [0.5, 0.6) is 17.2 Å². The quantitative estimate of drug-likeness (QED) is 0.0338. The zero-order chi connectivity index (χ0) is 54.1. The molecule has 0 atom stereocenters. The van der Waals surface area contributed by atoms with Gasteiger partial charge >= 0.3 is 6.36 Å². The second kappa shape index (κ2) is 26.6. The number of hydrogen-bond donors (Lipinski definition) is 3. The van der Waals surface area contributed by atoms with Gasteiger partial charge in [-0.05, 0) is 184 Å². The number of anilines is 1. The van der Waals surface area contributed by atoms with Crippen molar-refractivity contribution in [2.24, 2.45) is 11.8 Å². The highest BCUT2D eigenvalue weighted by molar-refractivity contribution is 7.99. The number of nitrogens with zero attached hydrogens (tertiary/aromatic N) is 3. The summed E-state index contributed by atoms with van der Waals surface area (Å²) >= 11 is 5.11. The minimum atomic E-state index is -4.70. The Kier molecular flexibility index (Phi) is 20.3. The maximum absolute atomic E-state index is 14.8. The number of halogens is 8. The van der Waals surface area contributed by atoms with Gasteiger partial charge in [-0.3, -0.25) is 24.2 Å². The Bertz CT molecular complexity index is 2590. The topological polar surface area (TPSA) is 116 Å². The van der Waals surface area contributed by atoms with E-state index >= 15 is 0 Å². The summed E-state index contributed by atoms with van der Waals surface area (Å²) in [5.74, 6) is -4.46. The molecule has 4 aromatic carbocycles. The van der Waals surface area contributed by atoms with Crippen LogP contribution in [0.1, 0.15) is 135 Å². The molecule has 414 valence electrons. The molecular weight excluding hydrogens is 1080 g/mol. The first-order valence-corrected chi connectivity index (χ1v) is 29.0. The first-order valence-electron chi connectivity index (χ1n) is 25.7. The van der Waals surface area contributed by atoms with Gasteiger partial charge in [0.25, 0.3) is 11.8 Å². The minimum absolute atomic E-state index is 0.0437. The molecule has 2 heterocycles. The molecule has 0 bridgehead atoms. The highest BCUT2D eigenvalue weighted by Crippen LogP contribution is 2.47. The van der Waals surface area contributed by atoms with Gasteiger partial charge in [0.05, 0.1) is 42.2 Å². The van der Waals surface area contributed by atoms with Crippen molar-refractivity contribution < 1.29 is 64.1 Å². The fraction of sp³-hybridized carbons (Fsp3) is 0.509. The molecular formula is C53H61F8N5O6S4. The summed E-state index contributed by atoms with van der Waals surface area (Å²) in [6.45, 7) is 7.62. The largest absolute Gasteiger partial charge is 0.573 e. The van der Waals surface area contributed by atoms with Crippen LogP contribution in [-0.2, 0) is 0 Å². The van der Waals surface area contributed by atoms with E-state index in [-0.39, 0.29) is 34.4 Å². The summed E-state index contributed by atoms with van der Waals surface area (Å²) in [4.78, 5) is 25.8. The van der Waals surface area contributed by atoms with Crippen molar-refractivity contribution in [1.82, 2.24) is 18.1 Å². The molecule has 2 aliphatic heterocycles. The molecule has 6 aliphatic rings. The van der Waals surface area contributed by atoms with E-state index in [1.807, 2.05) is 18.2 Å². The van der Waals surface area contributed by atoms with Crippen LogP contribution in [0.15, 0.2) is 65.6 Å². The number of carbonyl (C=O) groups is 2. The first kappa shape index (κ1) is 57.9. The van der Waals surface area contributed by atoms with E-state index in [1.165, 1.54) is 60.1 Å². The summed E-state index contributed by atoms with van der Waals surface area (Å²) in [7, 11) is 0. The maximum Gasteiger partial charge on any atom is 0.573 e. The third kappa shape index (κ3) is 17.1. The second-order valence-electron chi connectivity index (χ2n) is 19.3. The fourth-order valence-corrected chi connectivity index (χ4v) is 11.6. The van der Waals surface area contributed by atoms with Gasteiger partial charge in [0.2, 0.25) is 0 Å². The van der Waals surface area contributed by atoms with Gasteiger partial charge in [0, 0.05) is 65.8 Å². The molecule has 0 radical (unpaired) electrons.